The van der Waals surface area contributed by atoms with Crippen molar-refractivity contribution < 1.29 is 0 Å². The molecule has 0 saturated carbocycles. The summed E-state index contributed by atoms with van der Waals surface area (Å²) in [5.41, 5.74) is 2.46. The van der Waals surface area contributed by atoms with E-state index in [1.54, 1.807) is 0 Å². The van der Waals surface area contributed by atoms with Gasteiger partial charge in [0.05, 0.1) is 12.0 Å². The molecule has 0 radical (unpaired) electrons. The van der Waals surface area contributed by atoms with Gasteiger partial charge in [-0.1, -0.05) is 28.9 Å². The highest BCUT2D eigenvalue weighted by molar-refractivity contribution is 9.09. The topological polar surface area (TPSA) is 44.3 Å². The molecule has 1 saturated heterocycles. The van der Waals surface area contributed by atoms with E-state index in [-0.39, 0.29) is 4.95 Å². The summed E-state index contributed by atoms with van der Waals surface area (Å²) < 4.78 is 0. The largest absolute Gasteiger partial charge is 0.357 e. The van der Waals surface area contributed by atoms with E-state index in [4.69, 9.17) is 4.99 Å². The molecule has 3 heterocycles. The lowest BCUT2D eigenvalue weighted by Gasteiger charge is -2.34. The molecular weight excluding hydrogens is 316 g/mol. The van der Waals surface area contributed by atoms with E-state index < -0.39 is 0 Å². The standard InChI is InChI=1S/C15H21BrN4/c1-10-3-4-13(19-15(10)16)20-7-5-12(6-8-20)14-11(2)17-9-18-14/h3-4,9-10,12,15H,5-8H2,1-2H3,(H,17,18). The second kappa shape index (κ2) is 5.72. The van der Waals surface area contributed by atoms with Crippen molar-refractivity contribution in [1.82, 2.24) is 14.9 Å². The van der Waals surface area contributed by atoms with Crippen LogP contribution in [-0.4, -0.2) is 38.7 Å². The molecule has 2 atom stereocenters. The molecule has 2 aliphatic rings. The first-order chi connectivity index (χ1) is 9.65. The Hall–Kier alpha value is -1.10. The second-order valence-electron chi connectivity index (χ2n) is 5.75. The molecule has 3 rings (SSSR count). The van der Waals surface area contributed by atoms with E-state index in [0.29, 0.717) is 11.8 Å². The van der Waals surface area contributed by atoms with Gasteiger partial charge >= 0.3 is 0 Å². The summed E-state index contributed by atoms with van der Waals surface area (Å²) in [5, 5.41) is 0. The average Bonchev–Trinajstić information content (AvgIpc) is 2.88. The lowest BCUT2D eigenvalue weighted by atomic mass is 9.92. The summed E-state index contributed by atoms with van der Waals surface area (Å²) in [7, 11) is 0. The van der Waals surface area contributed by atoms with Crippen LogP contribution in [0.15, 0.2) is 23.5 Å². The van der Waals surface area contributed by atoms with Crippen LogP contribution in [0.5, 0.6) is 0 Å². The first-order valence-corrected chi connectivity index (χ1v) is 8.21. The van der Waals surface area contributed by atoms with E-state index in [1.165, 1.54) is 11.4 Å². The molecule has 1 N–H and O–H groups in total. The summed E-state index contributed by atoms with van der Waals surface area (Å²) in [5.74, 6) is 2.19. The Kier molecular flexibility index (Phi) is 3.96. The maximum absolute atomic E-state index is 4.74. The van der Waals surface area contributed by atoms with E-state index in [9.17, 15) is 0 Å². The van der Waals surface area contributed by atoms with Crippen LogP contribution < -0.4 is 0 Å². The van der Waals surface area contributed by atoms with Crippen molar-refractivity contribution in [2.45, 2.75) is 37.6 Å². The predicted molar refractivity (Wildman–Crippen MR) is 85.3 cm³/mol. The number of alkyl halides is 1. The van der Waals surface area contributed by atoms with Gasteiger partial charge in [-0.2, -0.15) is 0 Å². The molecule has 2 aliphatic heterocycles. The summed E-state index contributed by atoms with van der Waals surface area (Å²) >= 11 is 3.63. The number of likely N-dealkylation sites (tertiary alicyclic amines) is 1. The third-order valence-corrected chi connectivity index (χ3v) is 5.35. The van der Waals surface area contributed by atoms with E-state index >= 15 is 0 Å². The van der Waals surface area contributed by atoms with Crippen molar-refractivity contribution >= 4 is 21.8 Å². The zero-order chi connectivity index (χ0) is 14.1. The Balaban J connectivity index is 1.63. The van der Waals surface area contributed by atoms with Gasteiger partial charge in [0.25, 0.3) is 0 Å². The maximum Gasteiger partial charge on any atom is 0.124 e. The number of aromatic amines is 1. The smallest absolute Gasteiger partial charge is 0.124 e. The Bertz CT molecular complexity index is 526. The number of halogens is 1. The summed E-state index contributed by atoms with van der Waals surface area (Å²) in [6, 6.07) is 0. The van der Waals surface area contributed by atoms with Gasteiger partial charge < -0.3 is 9.88 Å². The van der Waals surface area contributed by atoms with Gasteiger partial charge in [0, 0.05) is 30.6 Å². The fourth-order valence-electron chi connectivity index (χ4n) is 2.97. The molecule has 1 fully saturated rings. The number of dihydropyridines is 1. The molecule has 0 aliphatic carbocycles. The zero-order valence-corrected chi connectivity index (χ0v) is 13.6. The third-order valence-electron chi connectivity index (χ3n) is 4.31. The van der Waals surface area contributed by atoms with Gasteiger partial charge in [-0.05, 0) is 25.8 Å². The molecule has 108 valence electrons. The molecule has 0 bridgehead atoms. The van der Waals surface area contributed by atoms with Gasteiger partial charge in [0.15, 0.2) is 0 Å². The minimum absolute atomic E-state index is 0.216. The van der Waals surface area contributed by atoms with Crippen molar-refractivity contribution in [3.63, 3.8) is 0 Å². The summed E-state index contributed by atoms with van der Waals surface area (Å²) in [6.45, 7) is 6.42. The van der Waals surface area contributed by atoms with Crippen LogP contribution in [0, 0.1) is 12.8 Å². The highest BCUT2D eigenvalue weighted by atomic mass is 79.9. The van der Waals surface area contributed by atoms with Gasteiger partial charge in [-0.3, -0.25) is 4.99 Å². The number of aromatic nitrogens is 2. The average molecular weight is 337 g/mol. The monoisotopic (exact) mass is 336 g/mol. The third kappa shape index (κ3) is 2.68. The Morgan fingerprint density at radius 1 is 1.35 bits per heavy atom. The number of H-pyrrole nitrogens is 1. The van der Waals surface area contributed by atoms with Crippen LogP contribution in [0.4, 0.5) is 0 Å². The summed E-state index contributed by atoms with van der Waals surface area (Å²) in [6.07, 6.45) is 8.53. The lowest BCUT2D eigenvalue weighted by Crippen LogP contribution is -2.38. The molecular formula is C15H21BrN4. The van der Waals surface area contributed by atoms with Gasteiger partial charge in [-0.15, -0.1) is 0 Å². The summed E-state index contributed by atoms with van der Waals surface area (Å²) in [4.78, 5) is 15.0. The Labute approximate surface area is 128 Å². The number of aryl methyl sites for hydroxylation is 1. The van der Waals surface area contributed by atoms with E-state index in [2.05, 4.69) is 56.8 Å². The highest BCUT2D eigenvalue weighted by Crippen LogP contribution is 2.29. The van der Waals surface area contributed by atoms with Crippen LogP contribution in [0.1, 0.15) is 37.1 Å². The van der Waals surface area contributed by atoms with Crippen molar-refractivity contribution in [3.05, 3.63) is 29.9 Å². The minimum atomic E-state index is 0.216. The molecule has 20 heavy (non-hydrogen) atoms. The number of piperidine rings is 1. The quantitative estimate of drug-likeness (QED) is 0.632. The van der Waals surface area contributed by atoms with Crippen molar-refractivity contribution in [2.24, 2.45) is 10.9 Å². The molecule has 5 heteroatoms. The number of hydrogen-bond donors (Lipinski definition) is 1. The van der Waals surface area contributed by atoms with Crippen LogP contribution in [0.25, 0.3) is 0 Å². The first-order valence-electron chi connectivity index (χ1n) is 7.30. The normalized spacial score (nSPS) is 27.8. The maximum atomic E-state index is 4.74. The first kappa shape index (κ1) is 13.9. The lowest BCUT2D eigenvalue weighted by molar-refractivity contribution is 0.309. The molecule has 0 spiro atoms. The molecule has 2 unspecified atom stereocenters. The van der Waals surface area contributed by atoms with Crippen LogP contribution in [0.3, 0.4) is 0 Å². The molecule has 0 amide bonds. The van der Waals surface area contributed by atoms with Gasteiger partial charge in [0.2, 0.25) is 0 Å². The number of hydrogen-bond acceptors (Lipinski definition) is 3. The number of rotatable bonds is 1. The number of aliphatic imine (C=N–C) groups is 1. The number of nitrogens with one attached hydrogen (secondary N) is 1. The number of amidine groups is 1. The fraction of sp³-hybridized carbons (Fsp3) is 0.600. The molecule has 1 aromatic heterocycles. The van der Waals surface area contributed by atoms with E-state index in [0.717, 1.165) is 31.8 Å². The highest BCUT2D eigenvalue weighted by Gasteiger charge is 2.26. The zero-order valence-electron chi connectivity index (χ0n) is 12.0. The number of imidazole rings is 1. The Morgan fingerprint density at radius 3 is 2.70 bits per heavy atom. The van der Waals surface area contributed by atoms with Gasteiger partial charge in [-0.25, -0.2) is 4.98 Å². The van der Waals surface area contributed by atoms with Crippen molar-refractivity contribution in [1.29, 1.82) is 0 Å². The molecule has 1 aromatic rings. The van der Waals surface area contributed by atoms with Crippen LogP contribution in [-0.2, 0) is 0 Å². The fourth-order valence-corrected chi connectivity index (χ4v) is 3.35. The Morgan fingerprint density at radius 2 is 2.10 bits per heavy atom. The second-order valence-corrected chi connectivity index (χ2v) is 6.69. The molecule has 4 nitrogen and oxygen atoms in total. The van der Waals surface area contributed by atoms with Crippen LogP contribution >= 0.6 is 15.9 Å². The van der Waals surface area contributed by atoms with E-state index in [1.807, 2.05) is 6.33 Å². The van der Waals surface area contributed by atoms with Crippen molar-refractivity contribution in [2.75, 3.05) is 13.1 Å². The number of nitrogens with zero attached hydrogens (tertiary/aromatic N) is 3. The minimum Gasteiger partial charge on any atom is -0.357 e. The predicted octanol–water partition coefficient (Wildman–Crippen LogP) is 3.22. The van der Waals surface area contributed by atoms with Crippen molar-refractivity contribution in [3.8, 4) is 0 Å². The van der Waals surface area contributed by atoms with Crippen LogP contribution in [0.2, 0.25) is 0 Å². The van der Waals surface area contributed by atoms with Gasteiger partial charge in [0.1, 0.15) is 10.8 Å². The SMILES string of the molecule is Cc1[nH]cnc1C1CCN(C2=NC(Br)C(C)C=C2)CC1. The molecule has 0 aromatic carbocycles.